The molecule has 1 fully saturated rings. The van der Waals surface area contributed by atoms with Gasteiger partial charge in [0.25, 0.3) is 5.56 Å². The van der Waals surface area contributed by atoms with Gasteiger partial charge in [-0.2, -0.15) is 0 Å². The second-order valence-electron chi connectivity index (χ2n) is 12.6. The maximum atomic E-state index is 14.3. The quantitative estimate of drug-likeness (QED) is 0.156. The number of benzene rings is 2. The van der Waals surface area contributed by atoms with Crippen molar-refractivity contribution in [1.82, 2.24) is 19.8 Å². The summed E-state index contributed by atoms with van der Waals surface area (Å²) in [5, 5.41) is 10.3. The molecule has 1 saturated heterocycles. The van der Waals surface area contributed by atoms with Crippen molar-refractivity contribution in [2.24, 2.45) is 0 Å². The highest BCUT2D eigenvalue weighted by Crippen LogP contribution is 2.36. The number of anilines is 2. The van der Waals surface area contributed by atoms with Crippen LogP contribution in [0.2, 0.25) is 0 Å². The topological polar surface area (TPSA) is 101 Å². The fraction of sp³-hybridized carbons (Fsp3) is 0.432. The molecule has 0 aliphatic carbocycles. The molecule has 1 aliphatic heterocycles. The zero-order valence-corrected chi connectivity index (χ0v) is 27.9. The molecule has 1 aliphatic rings. The van der Waals surface area contributed by atoms with E-state index in [0.717, 1.165) is 73.3 Å². The smallest absolute Gasteiger partial charge is 0.323 e. The van der Waals surface area contributed by atoms with E-state index in [1.165, 1.54) is 0 Å². The van der Waals surface area contributed by atoms with Gasteiger partial charge in [-0.25, -0.2) is 9.78 Å². The molecule has 0 unspecified atom stereocenters. The van der Waals surface area contributed by atoms with Crippen molar-refractivity contribution in [1.29, 1.82) is 0 Å². The fourth-order valence-corrected chi connectivity index (χ4v) is 6.14. The maximum absolute atomic E-state index is 14.3. The normalized spacial score (nSPS) is 13.8. The van der Waals surface area contributed by atoms with Gasteiger partial charge < -0.3 is 20.7 Å². The third-order valence-electron chi connectivity index (χ3n) is 8.61. The van der Waals surface area contributed by atoms with E-state index in [1.54, 1.807) is 10.8 Å². The number of ether oxygens (including phenoxy) is 1. The van der Waals surface area contributed by atoms with Crippen molar-refractivity contribution in [2.45, 2.75) is 65.8 Å². The number of carbonyl (C=O) groups excluding carboxylic acids is 1. The van der Waals surface area contributed by atoms with Crippen LogP contribution in [0.4, 0.5) is 16.2 Å². The number of para-hydroxylation sites is 1. The Balaban J connectivity index is 1.55. The van der Waals surface area contributed by atoms with Gasteiger partial charge in [0, 0.05) is 62.1 Å². The van der Waals surface area contributed by atoms with Crippen LogP contribution in [0, 0.1) is 0 Å². The molecule has 9 heteroatoms. The Morgan fingerprint density at radius 2 is 1.63 bits per heavy atom. The standard InChI is InChI=1S/C37H48N6O3/c1-6-7-19-43-35-31(15-10-16-39-35)32(27-11-8-12-28(24-27)46-23-22-42-20-17-38-18-21-42)34(36(43)44)41-37(45)40-33-29(25(2)3)13-9-14-30(33)26(4)5/h8-16,24-26,38H,6-7,17-23H2,1-5H3,(H2,40,41,45). The van der Waals surface area contributed by atoms with Crippen molar-refractivity contribution in [2.75, 3.05) is 50.0 Å². The molecule has 2 aromatic heterocycles. The molecule has 5 rings (SSSR count). The van der Waals surface area contributed by atoms with E-state index in [2.05, 4.69) is 60.5 Å². The molecule has 0 bridgehead atoms. The van der Waals surface area contributed by atoms with Gasteiger partial charge in [0.05, 0.1) is 0 Å². The summed E-state index contributed by atoms with van der Waals surface area (Å²) in [5.41, 5.74) is 4.84. The van der Waals surface area contributed by atoms with Crippen molar-refractivity contribution < 1.29 is 9.53 Å². The number of hydrogen-bond acceptors (Lipinski definition) is 6. The minimum Gasteiger partial charge on any atom is -0.492 e. The number of piperazine rings is 1. The molecular weight excluding hydrogens is 576 g/mol. The summed E-state index contributed by atoms with van der Waals surface area (Å²) in [5.74, 6) is 1.12. The Bertz CT molecular complexity index is 1680. The van der Waals surface area contributed by atoms with Gasteiger partial charge >= 0.3 is 6.03 Å². The number of hydrogen-bond donors (Lipinski definition) is 3. The van der Waals surface area contributed by atoms with Crippen LogP contribution >= 0.6 is 0 Å². The van der Waals surface area contributed by atoms with Gasteiger partial charge in [0.2, 0.25) is 0 Å². The van der Waals surface area contributed by atoms with Crippen LogP contribution < -0.4 is 26.2 Å². The third-order valence-corrected chi connectivity index (χ3v) is 8.61. The summed E-state index contributed by atoms with van der Waals surface area (Å²) in [7, 11) is 0. The summed E-state index contributed by atoms with van der Waals surface area (Å²) in [4.78, 5) is 35.2. The number of rotatable bonds is 12. The predicted molar refractivity (Wildman–Crippen MR) is 188 cm³/mol. The van der Waals surface area contributed by atoms with Gasteiger partial charge in [-0.05, 0) is 59.2 Å². The number of urea groups is 1. The lowest BCUT2D eigenvalue weighted by Gasteiger charge is -2.27. The highest BCUT2D eigenvalue weighted by Gasteiger charge is 2.23. The molecule has 2 amide bonds. The van der Waals surface area contributed by atoms with Crippen LogP contribution in [0.5, 0.6) is 5.75 Å². The van der Waals surface area contributed by atoms with Crippen LogP contribution in [0.3, 0.4) is 0 Å². The van der Waals surface area contributed by atoms with Crippen LogP contribution in [-0.4, -0.2) is 59.8 Å². The van der Waals surface area contributed by atoms with Gasteiger partial charge in [-0.3, -0.25) is 14.3 Å². The van der Waals surface area contributed by atoms with E-state index < -0.39 is 6.03 Å². The molecule has 0 saturated carbocycles. The fourth-order valence-electron chi connectivity index (χ4n) is 6.14. The van der Waals surface area contributed by atoms with E-state index in [9.17, 15) is 9.59 Å². The number of aryl methyl sites for hydroxylation is 1. The molecule has 4 aromatic rings. The first kappa shape index (κ1) is 33.2. The Morgan fingerprint density at radius 1 is 0.935 bits per heavy atom. The zero-order chi connectivity index (χ0) is 32.6. The number of carbonyl (C=O) groups is 1. The average molecular weight is 625 g/mol. The molecule has 3 heterocycles. The van der Waals surface area contributed by atoms with Crippen LogP contribution in [0.1, 0.15) is 70.4 Å². The van der Waals surface area contributed by atoms with Crippen molar-refractivity contribution in [3.05, 3.63) is 82.3 Å². The predicted octanol–water partition coefficient (Wildman–Crippen LogP) is 7.04. The Morgan fingerprint density at radius 3 is 2.33 bits per heavy atom. The lowest BCUT2D eigenvalue weighted by atomic mass is 9.93. The van der Waals surface area contributed by atoms with Crippen LogP contribution in [0.25, 0.3) is 22.2 Å². The van der Waals surface area contributed by atoms with Gasteiger partial charge in [-0.15, -0.1) is 0 Å². The number of fused-ring (bicyclic) bond motifs is 1. The highest BCUT2D eigenvalue weighted by molar-refractivity contribution is 6.07. The van der Waals surface area contributed by atoms with E-state index in [1.807, 2.05) is 54.6 Å². The molecule has 244 valence electrons. The molecule has 3 N–H and O–H groups in total. The SMILES string of the molecule is CCCCn1c(=O)c(NC(=O)Nc2c(C(C)C)cccc2C(C)C)c(-c2cccc(OCCN3CCNCC3)c2)c2cccnc21. The molecule has 9 nitrogen and oxygen atoms in total. The Labute approximate surface area is 272 Å². The first-order chi connectivity index (χ1) is 22.3. The van der Waals surface area contributed by atoms with E-state index in [4.69, 9.17) is 4.74 Å². The maximum Gasteiger partial charge on any atom is 0.323 e. The first-order valence-corrected chi connectivity index (χ1v) is 16.7. The van der Waals surface area contributed by atoms with Crippen LogP contribution in [0.15, 0.2) is 65.6 Å². The first-order valence-electron chi connectivity index (χ1n) is 16.7. The Kier molecular flexibility index (Phi) is 11.1. The number of nitrogens with one attached hydrogen (secondary N) is 3. The number of pyridine rings is 2. The number of nitrogens with zero attached hydrogens (tertiary/aromatic N) is 3. The lowest BCUT2D eigenvalue weighted by molar-refractivity contribution is 0.191. The van der Waals surface area contributed by atoms with Gasteiger partial charge in [-0.1, -0.05) is 71.4 Å². The summed E-state index contributed by atoms with van der Waals surface area (Å²) < 4.78 is 7.89. The molecule has 0 atom stereocenters. The monoisotopic (exact) mass is 624 g/mol. The summed E-state index contributed by atoms with van der Waals surface area (Å²) in [6.45, 7) is 16.4. The van der Waals surface area contributed by atoms with Gasteiger partial charge in [0.1, 0.15) is 23.7 Å². The molecule has 0 spiro atoms. The number of unbranched alkanes of at least 4 members (excludes halogenated alkanes) is 1. The summed E-state index contributed by atoms with van der Waals surface area (Å²) in [6, 6.07) is 17.3. The Hall–Kier alpha value is -4.21. The van der Waals surface area contributed by atoms with Gasteiger partial charge in [0.15, 0.2) is 0 Å². The largest absolute Gasteiger partial charge is 0.492 e. The van der Waals surface area contributed by atoms with Crippen molar-refractivity contribution in [3.8, 4) is 16.9 Å². The molecular formula is C37H48N6O3. The van der Waals surface area contributed by atoms with E-state index in [-0.39, 0.29) is 23.1 Å². The minimum atomic E-state index is -0.456. The average Bonchev–Trinajstić information content (AvgIpc) is 3.05. The second-order valence-corrected chi connectivity index (χ2v) is 12.6. The lowest BCUT2D eigenvalue weighted by Crippen LogP contribution is -2.44. The second kappa shape index (κ2) is 15.4. The summed E-state index contributed by atoms with van der Waals surface area (Å²) in [6.07, 6.45) is 3.44. The molecule has 46 heavy (non-hydrogen) atoms. The third kappa shape index (κ3) is 7.59. The number of aromatic nitrogens is 2. The van der Waals surface area contributed by atoms with Crippen molar-refractivity contribution >= 4 is 28.4 Å². The number of amides is 2. The minimum absolute atomic E-state index is 0.205. The molecule has 0 radical (unpaired) electrons. The van der Waals surface area contributed by atoms with Crippen molar-refractivity contribution in [3.63, 3.8) is 0 Å². The van der Waals surface area contributed by atoms with E-state index >= 15 is 0 Å². The molecule has 2 aromatic carbocycles. The van der Waals surface area contributed by atoms with E-state index in [0.29, 0.717) is 30.1 Å². The van der Waals surface area contributed by atoms with Crippen LogP contribution in [-0.2, 0) is 6.54 Å². The summed E-state index contributed by atoms with van der Waals surface area (Å²) >= 11 is 0. The zero-order valence-electron chi connectivity index (χ0n) is 27.9. The highest BCUT2D eigenvalue weighted by atomic mass is 16.5.